The molecule has 6 nitrogen and oxygen atoms in total. The summed E-state index contributed by atoms with van der Waals surface area (Å²) in [5.41, 5.74) is -0.937. The molecule has 0 radical (unpaired) electrons. The van der Waals surface area contributed by atoms with E-state index in [0.717, 1.165) is 4.90 Å². The van der Waals surface area contributed by atoms with E-state index in [1.54, 1.807) is 0 Å². The van der Waals surface area contributed by atoms with Crippen LogP contribution in [-0.2, 0) is 9.59 Å². The van der Waals surface area contributed by atoms with Crippen molar-refractivity contribution in [1.29, 1.82) is 0 Å². The molecule has 0 aliphatic carbocycles. The number of carbonyl (C=O) groups excluding carboxylic acids is 1. The van der Waals surface area contributed by atoms with E-state index in [2.05, 4.69) is 0 Å². The molecule has 1 atom stereocenters. The summed E-state index contributed by atoms with van der Waals surface area (Å²) in [6.07, 6.45) is -0.312. The maximum absolute atomic E-state index is 13.2. The van der Waals surface area contributed by atoms with Crippen LogP contribution in [0.3, 0.4) is 0 Å². The Bertz CT molecular complexity index is 616. The highest BCUT2D eigenvalue weighted by Crippen LogP contribution is 2.30. The smallest absolute Gasteiger partial charge is 0.337 e. The number of aliphatic carboxylic acids is 1. The third kappa shape index (κ3) is 2.31. The Morgan fingerprint density at radius 2 is 1.80 bits per heavy atom. The van der Waals surface area contributed by atoms with E-state index in [1.807, 2.05) is 0 Å². The van der Waals surface area contributed by atoms with Crippen molar-refractivity contribution in [3.63, 3.8) is 0 Å². The van der Waals surface area contributed by atoms with E-state index in [9.17, 15) is 23.2 Å². The highest BCUT2D eigenvalue weighted by Gasteiger charge is 2.37. The Balaban J connectivity index is 2.47. The number of hydrogen-bond acceptors (Lipinski definition) is 3. The normalized spacial score (nSPS) is 18.4. The van der Waals surface area contributed by atoms with Crippen molar-refractivity contribution in [3.05, 3.63) is 29.3 Å². The van der Waals surface area contributed by atoms with E-state index >= 15 is 0 Å². The van der Waals surface area contributed by atoms with E-state index < -0.39 is 41.0 Å². The van der Waals surface area contributed by atoms with Crippen LogP contribution < -0.4 is 4.90 Å². The monoisotopic (exact) mass is 285 g/mol. The fraction of sp³-hybridized carbons (Fsp3) is 0.250. The second kappa shape index (κ2) is 4.87. The van der Waals surface area contributed by atoms with Gasteiger partial charge in [0.1, 0.15) is 0 Å². The molecule has 1 saturated heterocycles. The Kier molecular flexibility index (Phi) is 3.39. The van der Waals surface area contributed by atoms with Crippen LogP contribution in [0, 0.1) is 17.6 Å². The molecule has 1 aliphatic rings. The number of carboxylic acid groups (broad SMARTS) is 2. The first kappa shape index (κ1) is 13.9. The highest BCUT2D eigenvalue weighted by atomic mass is 19.2. The lowest BCUT2D eigenvalue weighted by molar-refractivity contribution is -0.141. The van der Waals surface area contributed by atoms with Crippen molar-refractivity contribution in [3.8, 4) is 0 Å². The van der Waals surface area contributed by atoms with Crippen molar-refractivity contribution in [2.24, 2.45) is 5.92 Å². The van der Waals surface area contributed by atoms with E-state index in [0.29, 0.717) is 12.1 Å². The van der Waals surface area contributed by atoms with Crippen molar-refractivity contribution in [2.45, 2.75) is 6.42 Å². The molecule has 0 aromatic heterocycles. The fourth-order valence-corrected chi connectivity index (χ4v) is 2.04. The molecule has 1 aliphatic heterocycles. The SMILES string of the molecule is O=C(O)c1cc(F)c(F)cc1N1CC(C(=O)O)CC1=O. The quantitative estimate of drug-likeness (QED) is 0.867. The first-order chi connectivity index (χ1) is 9.31. The van der Waals surface area contributed by atoms with Gasteiger partial charge in [-0.05, 0) is 6.07 Å². The predicted molar refractivity (Wildman–Crippen MR) is 61.4 cm³/mol. The summed E-state index contributed by atoms with van der Waals surface area (Å²) in [6, 6.07) is 1.05. The third-order valence-electron chi connectivity index (χ3n) is 3.03. The molecule has 8 heteroatoms. The molecule has 0 spiro atoms. The number of halogens is 2. The van der Waals surface area contributed by atoms with Gasteiger partial charge >= 0.3 is 11.9 Å². The molecule has 0 saturated carbocycles. The van der Waals surface area contributed by atoms with Gasteiger partial charge in [0.25, 0.3) is 0 Å². The Labute approximate surface area is 111 Å². The van der Waals surface area contributed by atoms with Crippen LogP contribution in [0.15, 0.2) is 12.1 Å². The van der Waals surface area contributed by atoms with E-state index in [4.69, 9.17) is 10.2 Å². The molecule has 2 N–H and O–H groups in total. The first-order valence-electron chi connectivity index (χ1n) is 5.56. The van der Waals surface area contributed by atoms with Gasteiger partial charge in [0.05, 0.1) is 17.2 Å². The van der Waals surface area contributed by atoms with E-state index in [-0.39, 0.29) is 18.7 Å². The van der Waals surface area contributed by atoms with Crippen LogP contribution in [0.5, 0.6) is 0 Å². The Morgan fingerprint density at radius 3 is 2.30 bits per heavy atom. The van der Waals surface area contributed by atoms with Crippen LogP contribution in [0.1, 0.15) is 16.8 Å². The van der Waals surface area contributed by atoms with Gasteiger partial charge in [-0.25, -0.2) is 13.6 Å². The average Bonchev–Trinajstić information content (AvgIpc) is 2.74. The lowest BCUT2D eigenvalue weighted by Crippen LogP contribution is -2.28. The number of amides is 1. The fourth-order valence-electron chi connectivity index (χ4n) is 2.04. The highest BCUT2D eigenvalue weighted by molar-refractivity contribution is 6.04. The van der Waals surface area contributed by atoms with Gasteiger partial charge in [0.15, 0.2) is 11.6 Å². The standard InChI is InChI=1S/C12H9F2NO5/c13-7-2-6(12(19)20)9(3-8(7)14)15-4-5(11(17)18)1-10(15)16/h2-3,5H,1,4H2,(H,17,18)(H,19,20). The number of hydrogen-bond donors (Lipinski definition) is 2. The third-order valence-corrected chi connectivity index (χ3v) is 3.03. The number of rotatable bonds is 3. The number of anilines is 1. The molecule has 2 rings (SSSR count). The minimum atomic E-state index is -1.54. The summed E-state index contributed by atoms with van der Waals surface area (Å²) < 4.78 is 26.3. The summed E-state index contributed by atoms with van der Waals surface area (Å²) in [7, 11) is 0. The minimum absolute atomic E-state index is 0.278. The van der Waals surface area contributed by atoms with Gasteiger partial charge in [-0.2, -0.15) is 0 Å². The van der Waals surface area contributed by atoms with Crippen molar-refractivity contribution in [1.82, 2.24) is 0 Å². The molecular formula is C12H9F2NO5. The lowest BCUT2D eigenvalue weighted by atomic mass is 10.1. The van der Waals surface area contributed by atoms with Gasteiger partial charge < -0.3 is 15.1 Å². The molecule has 1 amide bonds. The van der Waals surface area contributed by atoms with Gasteiger partial charge in [-0.1, -0.05) is 0 Å². The molecule has 106 valence electrons. The molecule has 1 fully saturated rings. The lowest BCUT2D eigenvalue weighted by Gasteiger charge is -2.18. The van der Waals surface area contributed by atoms with Crippen LogP contribution >= 0.6 is 0 Å². The largest absolute Gasteiger partial charge is 0.481 e. The van der Waals surface area contributed by atoms with Crippen molar-refractivity contribution >= 4 is 23.5 Å². The second-order valence-corrected chi connectivity index (χ2v) is 4.33. The molecular weight excluding hydrogens is 276 g/mol. The molecule has 0 bridgehead atoms. The van der Waals surface area contributed by atoms with Gasteiger partial charge in [-0.3, -0.25) is 9.59 Å². The van der Waals surface area contributed by atoms with E-state index in [1.165, 1.54) is 0 Å². The van der Waals surface area contributed by atoms with Crippen molar-refractivity contribution in [2.75, 3.05) is 11.4 Å². The number of benzene rings is 1. The average molecular weight is 285 g/mol. The van der Waals surface area contributed by atoms with Crippen LogP contribution in [0.2, 0.25) is 0 Å². The summed E-state index contributed by atoms with van der Waals surface area (Å²) >= 11 is 0. The first-order valence-corrected chi connectivity index (χ1v) is 5.56. The summed E-state index contributed by atoms with van der Waals surface area (Å²) in [5, 5.41) is 17.8. The topological polar surface area (TPSA) is 94.9 Å². The molecule has 1 unspecified atom stereocenters. The van der Waals surface area contributed by atoms with Crippen molar-refractivity contribution < 1.29 is 33.4 Å². The zero-order valence-electron chi connectivity index (χ0n) is 9.97. The summed E-state index contributed by atoms with van der Waals surface area (Å²) in [5.74, 6) is -7.06. The number of aromatic carboxylic acids is 1. The zero-order chi connectivity index (χ0) is 15.0. The summed E-state index contributed by atoms with van der Waals surface area (Å²) in [4.78, 5) is 34.4. The Morgan fingerprint density at radius 1 is 1.20 bits per heavy atom. The van der Waals surface area contributed by atoms with Crippen LogP contribution in [-0.4, -0.2) is 34.6 Å². The predicted octanol–water partition coefficient (Wildman–Crippen LogP) is 1.10. The molecule has 1 aromatic carbocycles. The Hall–Kier alpha value is -2.51. The summed E-state index contributed by atoms with van der Waals surface area (Å²) in [6.45, 7) is -0.278. The maximum Gasteiger partial charge on any atom is 0.337 e. The zero-order valence-corrected chi connectivity index (χ0v) is 9.97. The molecule has 20 heavy (non-hydrogen) atoms. The van der Waals surface area contributed by atoms with Crippen LogP contribution in [0.4, 0.5) is 14.5 Å². The number of nitrogens with zero attached hydrogens (tertiary/aromatic N) is 1. The minimum Gasteiger partial charge on any atom is -0.481 e. The molecule has 1 aromatic rings. The van der Waals surface area contributed by atoms with Gasteiger partial charge in [0, 0.05) is 19.0 Å². The number of carbonyl (C=O) groups is 3. The molecule has 1 heterocycles. The van der Waals surface area contributed by atoms with Crippen LogP contribution in [0.25, 0.3) is 0 Å². The number of carboxylic acids is 2. The second-order valence-electron chi connectivity index (χ2n) is 4.33. The van der Waals surface area contributed by atoms with Gasteiger partial charge in [0.2, 0.25) is 5.91 Å². The maximum atomic E-state index is 13.2. The van der Waals surface area contributed by atoms with Gasteiger partial charge in [-0.15, -0.1) is 0 Å².